The molecule has 3 rings (SSSR count). The number of benzene rings is 3. The van der Waals surface area contributed by atoms with Crippen LogP contribution in [-0.2, 0) is 4.79 Å². The van der Waals surface area contributed by atoms with Gasteiger partial charge in [-0.2, -0.15) is 5.26 Å². The highest BCUT2D eigenvalue weighted by Gasteiger charge is 2.14. The van der Waals surface area contributed by atoms with E-state index >= 15 is 0 Å². The summed E-state index contributed by atoms with van der Waals surface area (Å²) in [5, 5.41) is 21.1. The van der Waals surface area contributed by atoms with E-state index in [2.05, 4.69) is 11.4 Å². The van der Waals surface area contributed by atoms with Crippen LogP contribution in [0.15, 0.2) is 78.5 Å². The van der Waals surface area contributed by atoms with Gasteiger partial charge in [0.15, 0.2) is 0 Å². The van der Waals surface area contributed by atoms with Crippen LogP contribution in [0, 0.1) is 18.3 Å². The highest BCUT2D eigenvalue weighted by Crippen LogP contribution is 2.27. The first-order valence-corrected chi connectivity index (χ1v) is 9.07. The van der Waals surface area contributed by atoms with Crippen molar-refractivity contribution < 1.29 is 19.4 Å². The average Bonchev–Trinajstić information content (AvgIpc) is 2.75. The fraction of sp³-hybridized carbons (Fsp3) is 0.0417. The summed E-state index contributed by atoms with van der Waals surface area (Å²) < 4.78 is 5.78. The Morgan fingerprint density at radius 3 is 2.40 bits per heavy atom. The van der Waals surface area contributed by atoms with Crippen LogP contribution in [0.3, 0.4) is 0 Å². The van der Waals surface area contributed by atoms with E-state index in [0.29, 0.717) is 28.2 Å². The van der Waals surface area contributed by atoms with Crippen molar-refractivity contribution in [2.75, 3.05) is 0 Å². The maximum Gasteiger partial charge on any atom is 0.352 e. The lowest BCUT2D eigenvalue weighted by Crippen LogP contribution is -2.27. The van der Waals surface area contributed by atoms with Crippen molar-refractivity contribution in [2.45, 2.75) is 6.92 Å². The summed E-state index contributed by atoms with van der Waals surface area (Å²) in [6.45, 7) is 1.80. The van der Waals surface area contributed by atoms with Crippen LogP contribution in [0.5, 0.6) is 11.5 Å². The molecule has 2 N–H and O–H groups in total. The van der Waals surface area contributed by atoms with Gasteiger partial charge in [-0.15, -0.1) is 0 Å². The molecule has 3 aromatic rings. The quantitative estimate of drug-likeness (QED) is 0.595. The molecule has 30 heavy (non-hydrogen) atoms. The van der Waals surface area contributed by atoms with Gasteiger partial charge in [0.25, 0.3) is 5.91 Å². The number of hydrogen-bond donors (Lipinski definition) is 2. The number of carboxylic acids is 1. The Balaban J connectivity index is 1.83. The molecule has 0 unspecified atom stereocenters. The molecule has 0 aliphatic carbocycles. The van der Waals surface area contributed by atoms with Gasteiger partial charge in [0.1, 0.15) is 23.3 Å². The normalized spacial score (nSPS) is 10.7. The van der Waals surface area contributed by atoms with Crippen molar-refractivity contribution in [2.24, 2.45) is 0 Å². The largest absolute Gasteiger partial charge is 0.477 e. The lowest BCUT2D eigenvalue weighted by Gasteiger charge is -2.10. The number of para-hydroxylation sites is 1. The van der Waals surface area contributed by atoms with Crippen molar-refractivity contribution in [1.29, 1.82) is 5.26 Å². The van der Waals surface area contributed by atoms with Crippen molar-refractivity contribution in [3.8, 4) is 17.6 Å². The molecule has 6 nitrogen and oxygen atoms in total. The minimum atomic E-state index is -1.25. The topological polar surface area (TPSA) is 99.4 Å². The van der Waals surface area contributed by atoms with Gasteiger partial charge in [-0.05, 0) is 60.5 Å². The Morgan fingerprint density at radius 2 is 1.73 bits per heavy atom. The van der Waals surface area contributed by atoms with E-state index in [9.17, 15) is 20.0 Å². The molecule has 6 heteroatoms. The zero-order valence-corrected chi connectivity index (χ0v) is 16.1. The molecule has 0 atom stereocenters. The first-order chi connectivity index (χ1) is 14.5. The summed E-state index contributed by atoms with van der Waals surface area (Å²) in [6.07, 6.45) is 1.39. The fourth-order valence-corrected chi connectivity index (χ4v) is 2.74. The van der Waals surface area contributed by atoms with Gasteiger partial charge in [0, 0.05) is 5.56 Å². The summed E-state index contributed by atoms with van der Waals surface area (Å²) in [4.78, 5) is 23.9. The summed E-state index contributed by atoms with van der Waals surface area (Å²) in [7, 11) is 0. The summed E-state index contributed by atoms with van der Waals surface area (Å²) in [5.41, 5.74) is 1.89. The van der Waals surface area contributed by atoms with E-state index in [4.69, 9.17) is 4.74 Å². The first-order valence-electron chi connectivity index (χ1n) is 9.07. The number of carbonyl (C=O) groups is 2. The van der Waals surface area contributed by atoms with Crippen molar-refractivity contribution in [1.82, 2.24) is 5.32 Å². The molecule has 0 bridgehead atoms. The van der Waals surface area contributed by atoms with Crippen LogP contribution in [-0.4, -0.2) is 17.0 Å². The van der Waals surface area contributed by atoms with Crippen LogP contribution < -0.4 is 10.1 Å². The standard InChI is InChI=1S/C24H18N2O4/c1-16-13-20(30-22-10-6-5-9-19(22)15-25)12-11-18(16)14-21(24(28)29)26-23(27)17-7-3-2-4-8-17/h2-14H,1H3,(H,26,27)(H,28,29)/b21-14-. The van der Waals surface area contributed by atoms with Gasteiger partial charge in [0.2, 0.25) is 0 Å². The second kappa shape index (κ2) is 9.22. The number of ether oxygens (including phenoxy) is 1. The number of nitrogens with zero attached hydrogens (tertiary/aromatic N) is 1. The SMILES string of the molecule is Cc1cc(Oc2ccccc2C#N)ccc1/C=C(\NC(=O)c1ccccc1)C(=O)O. The zero-order valence-electron chi connectivity index (χ0n) is 16.1. The number of carbonyl (C=O) groups excluding carboxylic acids is 1. The highest BCUT2D eigenvalue weighted by atomic mass is 16.5. The number of rotatable bonds is 6. The van der Waals surface area contributed by atoms with E-state index in [0.717, 1.165) is 5.56 Å². The van der Waals surface area contributed by atoms with Crippen LogP contribution >= 0.6 is 0 Å². The smallest absolute Gasteiger partial charge is 0.352 e. The number of aryl methyl sites for hydroxylation is 1. The Kier molecular flexibility index (Phi) is 6.26. The molecule has 0 radical (unpaired) electrons. The minimum absolute atomic E-state index is 0.240. The maximum atomic E-state index is 12.3. The second-order valence-electron chi connectivity index (χ2n) is 6.41. The molecule has 0 heterocycles. The third-order valence-corrected chi connectivity index (χ3v) is 4.29. The predicted octanol–water partition coefficient (Wildman–Crippen LogP) is 4.51. The van der Waals surface area contributed by atoms with Gasteiger partial charge in [-0.3, -0.25) is 4.79 Å². The molecular weight excluding hydrogens is 380 g/mol. The Bertz CT molecular complexity index is 1160. The number of nitrogens with one attached hydrogen (secondary N) is 1. The molecule has 0 fully saturated rings. The molecule has 0 saturated heterocycles. The zero-order chi connectivity index (χ0) is 21.5. The van der Waals surface area contributed by atoms with Crippen LogP contribution in [0.1, 0.15) is 27.0 Å². The fourth-order valence-electron chi connectivity index (χ4n) is 2.74. The number of amides is 1. The molecule has 148 valence electrons. The number of nitriles is 1. The Hall–Kier alpha value is -4.37. The van der Waals surface area contributed by atoms with Gasteiger partial charge < -0.3 is 15.2 Å². The van der Waals surface area contributed by atoms with E-state index in [1.54, 1.807) is 79.7 Å². The Morgan fingerprint density at radius 1 is 1.03 bits per heavy atom. The van der Waals surface area contributed by atoms with Gasteiger partial charge in [-0.1, -0.05) is 36.4 Å². The van der Waals surface area contributed by atoms with E-state index < -0.39 is 11.9 Å². The summed E-state index contributed by atoms with van der Waals surface area (Å²) >= 11 is 0. The predicted molar refractivity (Wildman–Crippen MR) is 112 cm³/mol. The molecule has 0 aromatic heterocycles. The third-order valence-electron chi connectivity index (χ3n) is 4.29. The van der Waals surface area contributed by atoms with Gasteiger partial charge in [0.05, 0.1) is 5.56 Å². The molecule has 3 aromatic carbocycles. The number of carboxylic acid groups (broad SMARTS) is 1. The third kappa shape index (κ3) is 4.91. The lowest BCUT2D eigenvalue weighted by molar-refractivity contribution is -0.132. The van der Waals surface area contributed by atoms with Crippen LogP contribution in [0.4, 0.5) is 0 Å². The number of hydrogen-bond acceptors (Lipinski definition) is 4. The van der Waals surface area contributed by atoms with Gasteiger partial charge >= 0.3 is 5.97 Å². The Labute approximate surface area is 173 Å². The molecular formula is C24H18N2O4. The van der Waals surface area contributed by atoms with E-state index in [-0.39, 0.29) is 5.70 Å². The van der Waals surface area contributed by atoms with E-state index in [1.807, 2.05) is 0 Å². The van der Waals surface area contributed by atoms with Crippen molar-refractivity contribution >= 4 is 18.0 Å². The molecule has 0 saturated carbocycles. The second-order valence-corrected chi connectivity index (χ2v) is 6.41. The summed E-state index contributed by atoms with van der Waals surface area (Å²) in [6, 6.07) is 22.4. The monoisotopic (exact) mass is 398 g/mol. The highest BCUT2D eigenvalue weighted by molar-refractivity contribution is 6.02. The van der Waals surface area contributed by atoms with E-state index in [1.165, 1.54) is 6.08 Å². The molecule has 0 aliphatic rings. The van der Waals surface area contributed by atoms with Crippen LogP contribution in [0.2, 0.25) is 0 Å². The first kappa shape index (κ1) is 20.4. The average molecular weight is 398 g/mol. The lowest BCUT2D eigenvalue weighted by atomic mass is 10.1. The van der Waals surface area contributed by atoms with Gasteiger partial charge in [-0.25, -0.2) is 4.79 Å². The van der Waals surface area contributed by atoms with Crippen LogP contribution in [0.25, 0.3) is 6.08 Å². The summed E-state index contributed by atoms with van der Waals surface area (Å²) in [5.74, 6) is -0.807. The molecule has 0 spiro atoms. The van der Waals surface area contributed by atoms with Crippen molar-refractivity contribution in [3.63, 3.8) is 0 Å². The molecule has 0 aliphatic heterocycles. The maximum absolute atomic E-state index is 12.3. The molecule has 1 amide bonds. The minimum Gasteiger partial charge on any atom is -0.477 e. The number of aliphatic carboxylic acids is 1. The van der Waals surface area contributed by atoms with Crippen molar-refractivity contribution in [3.05, 3.63) is 101 Å².